The molecule has 146 valence electrons. The quantitative estimate of drug-likeness (QED) is 0.287. The van der Waals surface area contributed by atoms with Gasteiger partial charge in [0.15, 0.2) is 17.6 Å². The molecule has 7 heteroatoms. The number of aryl methyl sites for hydroxylation is 1. The standard InChI is InChI=1S/C20H26FN5.HI/c1-22-20(24-13-5-9-16-7-3-2-4-8-16)25-17-11-14-26(15-17)19-18(21)10-6-12-23-19;/h2-4,6-8,10,12,17H,5,9,11,13-15H2,1H3,(H2,22,24,25);1H. The minimum absolute atomic E-state index is 0. The van der Waals surface area contributed by atoms with E-state index in [1.165, 1.54) is 11.6 Å². The molecule has 1 fully saturated rings. The number of aromatic nitrogens is 1. The van der Waals surface area contributed by atoms with Crippen molar-refractivity contribution in [2.24, 2.45) is 4.99 Å². The van der Waals surface area contributed by atoms with E-state index in [-0.39, 0.29) is 35.8 Å². The zero-order chi connectivity index (χ0) is 18.2. The Hall–Kier alpha value is -1.90. The second-order valence-corrected chi connectivity index (χ2v) is 6.47. The Morgan fingerprint density at radius 3 is 2.81 bits per heavy atom. The molecule has 2 aromatic rings. The topological polar surface area (TPSA) is 52.6 Å². The van der Waals surface area contributed by atoms with Crippen molar-refractivity contribution in [1.29, 1.82) is 0 Å². The van der Waals surface area contributed by atoms with Gasteiger partial charge in [-0.05, 0) is 37.0 Å². The third-order valence-corrected chi connectivity index (χ3v) is 4.57. The zero-order valence-corrected chi connectivity index (χ0v) is 17.9. The summed E-state index contributed by atoms with van der Waals surface area (Å²) in [5.41, 5.74) is 1.35. The SMILES string of the molecule is CN=C(NCCCc1ccccc1)NC1CCN(c2ncccc2F)C1.I. The number of rotatable bonds is 6. The third-order valence-electron chi connectivity index (χ3n) is 4.57. The summed E-state index contributed by atoms with van der Waals surface area (Å²) in [6.45, 7) is 2.37. The van der Waals surface area contributed by atoms with Gasteiger partial charge in [0.05, 0.1) is 0 Å². The Morgan fingerprint density at radius 1 is 1.26 bits per heavy atom. The van der Waals surface area contributed by atoms with Crippen LogP contribution in [0.15, 0.2) is 53.7 Å². The number of nitrogens with one attached hydrogen (secondary N) is 2. The first-order chi connectivity index (χ1) is 12.8. The molecule has 0 aliphatic carbocycles. The summed E-state index contributed by atoms with van der Waals surface area (Å²) in [7, 11) is 1.78. The molecule has 27 heavy (non-hydrogen) atoms. The maximum Gasteiger partial charge on any atom is 0.191 e. The molecule has 0 radical (unpaired) electrons. The lowest BCUT2D eigenvalue weighted by Gasteiger charge is -2.20. The van der Waals surface area contributed by atoms with Crippen LogP contribution in [0.1, 0.15) is 18.4 Å². The highest BCUT2D eigenvalue weighted by molar-refractivity contribution is 14.0. The lowest BCUT2D eigenvalue weighted by atomic mass is 10.1. The largest absolute Gasteiger partial charge is 0.356 e. The summed E-state index contributed by atoms with van der Waals surface area (Å²) in [6.07, 6.45) is 4.65. The second-order valence-electron chi connectivity index (χ2n) is 6.47. The number of nitrogens with zero attached hydrogens (tertiary/aromatic N) is 3. The van der Waals surface area contributed by atoms with Crippen molar-refractivity contribution in [1.82, 2.24) is 15.6 Å². The summed E-state index contributed by atoms with van der Waals surface area (Å²) < 4.78 is 13.9. The molecule has 2 heterocycles. The zero-order valence-electron chi connectivity index (χ0n) is 15.6. The lowest BCUT2D eigenvalue weighted by Crippen LogP contribution is -2.45. The van der Waals surface area contributed by atoms with Crippen LogP contribution < -0.4 is 15.5 Å². The number of pyridine rings is 1. The molecule has 1 atom stereocenters. The lowest BCUT2D eigenvalue weighted by molar-refractivity contribution is 0.612. The maximum absolute atomic E-state index is 13.9. The van der Waals surface area contributed by atoms with Crippen LogP contribution in [0.5, 0.6) is 0 Å². The van der Waals surface area contributed by atoms with Gasteiger partial charge in [0.2, 0.25) is 0 Å². The molecule has 1 aliphatic rings. The number of halogens is 2. The highest BCUT2D eigenvalue weighted by Gasteiger charge is 2.25. The van der Waals surface area contributed by atoms with Gasteiger partial charge in [-0.1, -0.05) is 30.3 Å². The number of guanidine groups is 1. The van der Waals surface area contributed by atoms with Crippen molar-refractivity contribution < 1.29 is 4.39 Å². The molecular formula is C20H27FIN5. The van der Waals surface area contributed by atoms with Crippen LogP contribution >= 0.6 is 24.0 Å². The summed E-state index contributed by atoms with van der Waals surface area (Å²) in [5, 5.41) is 6.79. The first-order valence-electron chi connectivity index (χ1n) is 9.13. The van der Waals surface area contributed by atoms with Gasteiger partial charge in [0.1, 0.15) is 0 Å². The first kappa shape index (κ1) is 21.4. The highest BCUT2D eigenvalue weighted by atomic mass is 127. The molecule has 0 amide bonds. The van der Waals surface area contributed by atoms with Crippen LogP contribution in [0.2, 0.25) is 0 Å². The van der Waals surface area contributed by atoms with E-state index in [0.717, 1.165) is 44.9 Å². The van der Waals surface area contributed by atoms with E-state index in [9.17, 15) is 4.39 Å². The van der Waals surface area contributed by atoms with Crippen LogP contribution in [0, 0.1) is 5.82 Å². The van der Waals surface area contributed by atoms with E-state index in [0.29, 0.717) is 5.82 Å². The van der Waals surface area contributed by atoms with E-state index < -0.39 is 0 Å². The van der Waals surface area contributed by atoms with E-state index in [2.05, 4.69) is 44.9 Å². The maximum atomic E-state index is 13.9. The van der Waals surface area contributed by atoms with Gasteiger partial charge in [-0.25, -0.2) is 9.37 Å². The van der Waals surface area contributed by atoms with Crippen LogP contribution in [-0.2, 0) is 6.42 Å². The Labute approximate surface area is 177 Å². The van der Waals surface area contributed by atoms with Gasteiger partial charge < -0.3 is 15.5 Å². The molecule has 1 aromatic heterocycles. The Morgan fingerprint density at radius 2 is 2.07 bits per heavy atom. The molecule has 1 unspecified atom stereocenters. The summed E-state index contributed by atoms with van der Waals surface area (Å²) in [4.78, 5) is 10.4. The van der Waals surface area contributed by atoms with Gasteiger partial charge in [-0.3, -0.25) is 4.99 Å². The molecule has 3 rings (SSSR count). The number of hydrogen-bond acceptors (Lipinski definition) is 3. The fourth-order valence-electron chi connectivity index (χ4n) is 3.21. The predicted molar refractivity (Wildman–Crippen MR) is 119 cm³/mol. The molecule has 1 saturated heterocycles. The minimum atomic E-state index is -0.267. The second kappa shape index (κ2) is 11.1. The number of hydrogen-bond donors (Lipinski definition) is 2. The number of anilines is 1. The van der Waals surface area contributed by atoms with Crippen molar-refractivity contribution in [2.75, 3.05) is 31.6 Å². The molecule has 5 nitrogen and oxygen atoms in total. The fraction of sp³-hybridized carbons (Fsp3) is 0.400. The van der Waals surface area contributed by atoms with E-state index in [1.807, 2.05) is 11.0 Å². The van der Waals surface area contributed by atoms with Gasteiger partial charge in [0.25, 0.3) is 0 Å². The van der Waals surface area contributed by atoms with E-state index in [4.69, 9.17) is 0 Å². The molecule has 0 spiro atoms. The predicted octanol–water partition coefficient (Wildman–Crippen LogP) is 3.22. The smallest absolute Gasteiger partial charge is 0.191 e. The minimum Gasteiger partial charge on any atom is -0.356 e. The van der Waals surface area contributed by atoms with Gasteiger partial charge in [-0.2, -0.15) is 0 Å². The van der Waals surface area contributed by atoms with E-state index >= 15 is 0 Å². The van der Waals surface area contributed by atoms with Gasteiger partial charge in [0, 0.05) is 38.9 Å². The van der Waals surface area contributed by atoms with Crippen molar-refractivity contribution in [2.45, 2.75) is 25.3 Å². The average molecular weight is 483 g/mol. The summed E-state index contributed by atoms with van der Waals surface area (Å²) in [6, 6.07) is 13.8. The molecule has 1 aliphatic heterocycles. The van der Waals surface area contributed by atoms with Crippen LogP contribution in [-0.4, -0.2) is 43.7 Å². The fourth-order valence-corrected chi connectivity index (χ4v) is 3.21. The molecular weight excluding hydrogens is 456 g/mol. The third kappa shape index (κ3) is 6.34. The molecule has 0 bridgehead atoms. The van der Waals surface area contributed by atoms with Crippen LogP contribution in [0.4, 0.5) is 10.2 Å². The molecule has 1 aromatic carbocycles. The normalized spacial score (nSPS) is 16.7. The first-order valence-corrected chi connectivity index (χ1v) is 9.13. The Kier molecular flexibility index (Phi) is 8.77. The summed E-state index contributed by atoms with van der Waals surface area (Å²) >= 11 is 0. The van der Waals surface area contributed by atoms with E-state index in [1.54, 1.807) is 19.3 Å². The van der Waals surface area contributed by atoms with Crippen LogP contribution in [0.3, 0.4) is 0 Å². The monoisotopic (exact) mass is 483 g/mol. The Bertz CT molecular complexity index is 725. The van der Waals surface area contributed by atoms with Crippen molar-refractivity contribution >= 4 is 35.8 Å². The van der Waals surface area contributed by atoms with Gasteiger partial charge in [-0.15, -0.1) is 24.0 Å². The number of aliphatic imine (C=N–C) groups is 1. The van der Waals surface area contributed by atoms with Crippen molar-refractivity contribution in [3.63, 3.8) is 0 Å². The average Bonchev–Trinajstić information content (AvgIpc) is 3.13. The molecule has 2 N–H and O–H groups in total. The molecule has 0 saturated carbocycles. The summed E-state index contributed by atoms with van der Waals surface area (Å²) in [5.74, 6) is 0.964. The van der Waals surface area contributed by atoms with Gasteiger partial charge >= 0.3 is 0 Å². The van der Waals surface area contributed by atoms with Crippen molar-refractivity contribution in [3.05, 3.63) is 60.0 Å². The van der Waals surface area contributed by atoms with Crippen molar-refractivity contribution in [3.8, 4) is 0 Å². The highest BCUT2D eigenvalue weighted by Crippen LogP contribution is 2.20. The Balaban J connectivity index is 0.00000261. The van der Waals surface area contributed by atoms with Crippen LogP contribution in [0.25, 0.3) is 0 Å². The number of benzene rings is 1.